The van der Waals surface area contributed by atoms with Crippen molar-refractivity contribution in [3.8, 4) is 0 Å². The molecule has 0 spiro atoms. The van der Waals surface area contributed by atoms with E-state index in [0.717, 1.165) is 49.2 Å². The molecule has 1 saturated heterocycles. The minimum atomic E-state index is -0.705. The Morgan fingerprint density at radius 2 is 1.69 bits per heavy atom. The van der Waals surface area contributed by atoms with Crippen LogP contribution in [0.3, 0.4) is 0 Å². The van der Waals surface area contributed by atoms with Gasteiger partial charge in [-0.05, 0) is 72.6 Å². The van der Waals surface area contributed by atoms with Gasteiger partial charge in [-0.25, -0.2) is 4.39 Å². The molecule has 0 radical (unpaired) electrons. The standard InChI is InChI=1S/C34H36Cl2FN3O2/c1-24(41)39-33(26-6-3-2-4-7-26)16-20-40(21-17-33)19-5-8-28-23-34(28,27-11-14-30(35)31(36)22-27)32(42)38-18-15-25-9-12-29(37)13-10-25/h2-14,22,28H,15-21,23H2,1H3,(H,38,42)(H,39,41)/b8-5+/t28-,34-/m1/s1. The number of benzene rings is 3. The summed E-state index contributed by atoms with van der Waals surface area (Å²) in [4.78, 5) is 28.0. The molecule has 2 amide bonds. The Kier molecular flexibility index (Phi) is 9.36. The SMILES string of the molecule is CC(=O)NC1(c2ccccc2)CCN(C/C=C/[C@@H]2C[C@@]2(C(=O)NCCc2ccc(F)cc2)c2ccc(Cl)c(Cl)c2)CC1. The maximum absolute atomic E-state index is 13.6. The van der Waals surface area contributed by atoms with E-state index in [1.54, 1.807) is 31.2 Å². The van der Waals surface area contributed by atoms with Crippen LogP contribution in [0.4, 0.5) is 4.39 Å². The van der Waals surface area contributed by atoms with Crippen LogP contribution >= 0.6 is 23.2 Å². The first-order valence-electron chi connectivity index (χ1n) is 14.4. The fourth-order valence-electron chi connectivity index (χ4n) is 6.22. The van der Waals surface area contributed by atoms with Crippen LogP contribution in [-0.2, 0) is 27.0 Å². The maximum atomic E-state index is 13.6. The summed E-state index contributed by atoms with van der Waals surface area (Å²) in [6.45, 7) is 4.51. The van der Waals surface area contributed by atoms with Crippen molar-refractivity contribution < 1.29 is 14.0 Å². The van der Waals surface area contributed by atoms with Crippen LogP contribution in [0.2, 0.25) is 10.0 Å². The molecule has 220 valence electrons. The number of amides is 2. The van der Waals surface area contributed by atoms with Gasteiger partial charge in [0.15, 0.2) is 0 Å². The van der Waals surface area contributed by atoms with Crippen LogP contribution in [0.5, 0.6) is 0 Å². The normalized spacial score (nSPS) is 21.7. The van der Waals surface area contributed by atoms with E-state index in [-0.39, 0.29) is 29.1 Å². The largest absolute Gasteiger partial charge is 0.355 e. The summed E-state index contributed by atoms with van der Waals surface area (Å²) in [5.74, 6) is -0.302. The van der Waals surface area contributed by atoms with Gasteiger partial charge in [-0.1, -0.05) is 83.9 Å². The highest BCUT2D eigenvalue weighted by Gasteiger charge is 2.59. The molecule has 0 bridgehead atoms. The van der Waals surface area contributed by atoms with Gasteiger partial charge < -0.3 is 10.6 Å². The lowest BCUT2D eigenvalue weighted by atomic mass is 9.80. The van der Waals surface area contributed by atoms with E-state index in [2.05, 4.69) is 39.8 Å². The Morgan fingerprint density at radius 3 is 2.36 bits per heavy atom. The van der Waals surface area contributed by atoms with Crippen molar-refractivity contribution in [2.24, 2.45) is 5.92 Å². The fourth-order valence-corrected chi connectivity index (χ4v) is 6.52. The van der Waals surface area contributed by atoms with Gasteiger partial charge in [-0.3, -0.25) is 14.5 Å². The van der Waals surface area contributed by atoms with Crippen molar-refractivity contribution in [3.05, 3.63) is 118 Å². The molecule has 2 fully saturated rings. The van der Waals surface area contributed by atoms with E-state index in [1.165, 1.54) is 12.1 Å². The number of nitrogens with zero attached hydrogens (tertiary/aromatic N) is 1. The average molecular weight is 609 g/mol. The molecule has 2 aliphatic rings. The lowest BCUT2D eigenvalue weighted by molar-refractivity contribution is -0.124. The Morgan fingerprint density at radius 1 is 0.976 bits per heavy atom. The number of carbonyl (C=O) groups is 2. The number of hydrogen-bond acceptors (Lipinski definition) is 3. The molecular formula is C34H36Cl2FN3O2. The highest BCUT2D eigenvalue weighted by atomic mass is 35.5. The van der Waals surface area contributed by atoms with E-state index in [4.69, 9.17) is 23.2 Å². The van der Waals surface area contributed by atoms with Crippen LogP contribution in [0, 0.1) is 11.7 Å². The molecule has 0 aromatic heterocycles. The summed E-state index contributed by atoms with van der Waals surface area (Å²) in [6, 6.07) is 22.0. The molecule has 8 heteroatoms. The van der Waals surface area contributed by atoms with Crippen LogP contribution in [0.1, 0.15) is 42.9 Å². The second-order valence-electron chi connectivity index (χ2n) is 11.4. The third-order valence-corrected chi connectivity index (χ3v) is 9.39. The molecular weight excluding hydrogens is 572 g/mol. The molecule has 5 nitrogen and oxygen atoms in total. The third-order valence-electron chi connectivity index (χ3n) is 8.65. The molecule has 1 aliphatic heterocycles. The van der Waals surface area contributed by atoms with E-state index in [9.17, 15) is 14.0 Å². The number of piperidine rings is 1. The molecule has 3 aromatic carbocycles. The van der Waals surface area contributed by atoms with Crippen LogP contribution in [0.15, 0.2) is 84.9 Å². The van der Waals surface area contributed by atoms with Gasteiger partial charge in [0, 0.05) is 33.1 Å². The monoisotopic (exact) mass is 607 g/mol. The second kappa shape index (κ2) is 13.0. The van der Waals surface area contributed by atoms with E-state index < -0.39 is 5.41 Å². The molecule has 1 aliphatic carbocycles. The Balaban J connectivity index is 1.22. The van der Waals surface area contributed by atoms with Gasteiger partial charge in [0.2, 0.25) is 11.8 Å². The van der Waals surface area contributed by atoms with Gasteiger partial charge >= 0.3 is 0 Å². The molecule has 2 atom stereocenters. The summed E-state index contributed by atoms with van der Waals surface area (Å²) in [5, 5.41) is 7.22. The van der Waals surface area contributed by atoms with Crippen molar-refractivity contribution in [2.75, 3.05) is 26.2 Å². The average Bonchev–Trinajstić information content (AvgIpc) is 3.72. The highest BCUT2D eigenvalue weighted by molar-refractivity contribution is 6.42. The van der Waals surface area contributed by atoms with Gasteiger partial charge in [-0.2, -0.15) is 0 Å². The van der Waals surface area contributed by atoms with Gasteiger partial charge in [-0.15, -0.1) is 0 Å². The minimum Gasteiger partial charge on any atom is -0.355 e. The summed E-state index contributed by atoms with van der Waals surface area (Å²) in [5.41, 5.74) is 1.91. The first-order valence-corrected chi connectivity index (χ1v) is 15.2. The molecule has 2 N–H and O–H groups in total. The maximum Gasteiger partial charge on any atom is 0.231 e. The van der Waals surface area contributed by atoms with Crippen LogP contribution in [0.25, 0.3) is 0 Å². The number of nitrogens with one attached hydrogen (secondary N) is 2. The van der Waals surface area contributed by atoms with Crippen molar-refractivity contribution in [1.29, 1.82) is 0 Å². The van der Waals surface area contributed by atoms with E-state index in [1.807, 2.05) is 24.3 Å². The van der Waals surface area contributed by atoms with E-state index in [0.29, 0.717) is 29.4 Å². The van der Waals surface area contributed by atoms with Gasteiger partial charge in [0.1, 0.15) is 5.82 Å². The predicted molar refractivity (Wildman–Crippen MR) is 166 cm³/mol. The summed E-state index contributed by atoms with van der Waals surface area (Å²) in [6.07, 6.45) is 7.26. The number of likely N-dealkylation sites (tertiary alicyclic amines) is 1. The zero-order valence-electron chi connectivity index (χ0n) is 23.7. The lowest BCUT2D eigenvalue weighted by Gasteiger charge is -2.42. The van der Waals surface area contributed by atoms with Gasteiger partial charge in [0.05, 0.1) is 21.0 Å². The molecule has 0 unspecified atom stereocenters. The molecule has 1 heterocycles. The van der Waals surface area contributed by atoms with E-state index >= 15 is 0 Å². The highest BCUT2D eigenvalue weighted by Crippen LogP contribution is 2.56. The second-order valence-corrected chi connectivity index (χ2v) is 12.2. The summed E-state index contributed by atoms with van der Waals surface area (Å²) >= 11 is 12.5. The van der Waals surface area contributed by atoms with Gasteiger partial charge in [0.25, 0.3) is 0 Å². The first kappa shape index (κ1) is 30.3. The zero-order chi connectivity index (χ0) is 29.7. The van der Waals surface area contributed by atoms with Crippen molar-refractivity contribution in [3.63, 3.8) is 0 Å². The summed E-state index contributed by atoms with van der Waals surface area (Å²) in [7, 11) is 0. The fraction of sp³-hybridized carbons (Fsp3) is 0.353. The molecule has 1 saturated carbocycles. The molecule has 42 heavy (non-hydrogen) atoms. The number of halogens is 3. The quantitative estimate of drug-likeness (QED) is 0.261. The van der Waals surface area contributed by atoms with Crippen molar-refractivity contribution in [2.45, 2.75) is 43.6 Å². The van der Waals surface area contributed by atoms with Crippen LogP contribution in [-0.4, -0.2) is 42.9 Å². The summed E-state index contributed by atoms with van der Waals surface area (Å²) < 4.78 is 13.2. The van der Waals surface area contributed by atoms with Crippen molar-refractivity contribution >= 4 is 35.0 Å². The Labute approximate surface area is 257 Å². The number of rotatable bonds is 10. The topological polar surface area (TPSA) is 61.4 Å². The third kappa shape index (κ3) is 6.72. The number of allylic oxidation sites excluding steroid dienone is 1. The number of carbonyl (C=O) groups excluding carboxylic acids is 2. The number of hydrogen-bond donors (Lipinski definition) is 2. The lowest BCUT2D eigenvalue weighted by Crippen LogP contribution is -2.52. The Bertz CT molecular complexity index is 1440. The molecule has 3 aromatic rings. The Hall–Kier alpha value is -3.19. The van der Waals surface area contributed by atoms with Crippen LogP contribution < -0.4 is 10.6 Å². The predicted octanol–water partition coefficient (Wildman–Crippen LogP) is 6.43. The zero-order valence-corrected chi connectivity index (χ0v) is 25.2. The first-order chi connectivity index (χ1) is 20.2. The smallest absolute Gasteiger partial charge is 0.231 e. The van der Waals surface area contributed by atoms with Crippen molar-refractivity contribution in [1.82, 2.24) is 15.5 Å². The minimum absolute atomic E-state index is 0.0180. The molecule has 5 rings (SSSR count).